The summed E-state index contributed by atoms with van der Waals surface area (Å²) in [4.78, 5) is 25.8. The lowest BCUT2D eigenvalue weighted by atomic mass is 9.80. The second-order valence-corrected chi connectivity index (χ2v) is 7.28. The molecule has 2 heterocycles. The average Bonchev–Trinajstić information content (AvgIpc) is 3.16. The fourth-order valence-corrected chi connectivity index (χ4v) is 3.92. The predicted octanol–water partition coefficient (Wildman–Crippen LogP) is 2.77. The fourth-order valence-electron chi connectivity index (χ4n) is 3.37. The fraction of sp³-hybridized carbons (Fsp3) is 0.273. The molecule has 1 aromatic carbocycles. The first-order valence-corrected chi connectivity index (χ1v) is 9.67. The number of hydrogen-bond acceptors (Lipinski definition) is 7. The third kappa shape index (κ3) is 4.00. The van der Waals surface area contributed by atoms with Crippen molar-refractivity contribution in [3.05, 3.63) is 44.7 Å². The van der Waals surface area contributed by atoms with Crippen molar-refractivity contribution in [2.45, 2.75) is 19.8 Å². The summed E-state index contributed by atoms with van der Waals surface area (Å²) in [7, 11) is 0. The minimum Gasteiger partial charge on any atom is -0.454 e. The molecule has 154 valence electrons. The molecule has 0 spiro atoms. The Hall–Kier alpha value is -3.36. The molecule has 0 radical (unpaired) electrons. The molecule has 0 saturated carbocycles. The summed E-state index contributed by atoms with van der Waals surface area (Å²) in [5.41, 5.74) is 2.10. The van der Waals surface area contributed by atoms with Gasteiger partial charge in [0.25, 0.3) is 0 Å². The Bertz CT molecular complexity index is 1000. The number of carbonyl (C=O) groups excluding carboxylic acids is 2. The zero-order chi connectivity index (χ0) is 21.8. The standard InChI is InChI=1S/C22H18BrNO6/c1-5-7-27-21(25)18-12(3)24-13(4)19(22(26)28-8-6-2)20(18)14-9-16-17(10-15(14)23)30-11-29-16/h1-2,9-10,20,24H,7-8,11H2,3-4H3. The van der Waals surface area contributed by atoms with E-state index in [1.54, 1.807) is 26.0 Å². The molecular weight excluding hydrogens is 454 g/mol. The van der Waals surface area contributed by atoms with Crippen LogP contribution in [0.2, 0.25) is 0 Å². The lowest BCUT2D eigenvalue weighted by Gasteiger charge is -2.31. The molecule has 0 unspecified atom stereocenters. The van der Waals surface area contributed by atoms with E-state index in [0.29, 0.717) is 32.9 Å². The second kappa shape index (κ2) is 8.98. The van der Waals surface area contributed by atoms with Gasteiger partial charge < -0.3 is 24.3 Å². The van der Waals surface area contributed by atoms with Crippen LogP contribution in [0.3, 0.4) is 0 Å². The number of rotatable bonds is 5. The van der Waals surface area contributed by atoms with Crippen LogP contribution in [0.15, 0.2) is 39.1 Å². The van der Waals surface area contributed by atoms with Crippen LogP contribution < -0.4 is 14.8 Å². The molecule has 0 atom stereocenters. The minimum atomic E-state index is -0.814. The van der Waals surface area contributed by atoms with Crippen molar-refractivity contribution in [1.82, 2.24) is 5.32 Å². The van der Waals surface area contributed by atoms with Crippen molar-refractivity contribution in [3.8, 4) is 36.2 Å². The zero-order valence-corrected chi connectivity index (χ0v) is 17.9. The third-order valence-corrected chi connectivity index (χ3v) is 5.26. The molecule has 8 heteroatoms. The van der Waals surface area contributed by atoms with Crippen LogP contribution in [0.1, 0.15) is 25.3 Å². The molecule has 3 rings (SSSR count). The molecule has 0 bridgehead atoms. The van der Waals surface area contributed by atoms with Crippen LogP contribution in [0, 0.1) is 24.7 Å². The monoisotopic (exact) mass is 471 g/mol. The Morgan fingerprint density at radius 2 is 1.57 bits per heavy atom. The molecule has 0 amide bonds. The van der Waals surface area contributed by atoms with Crippen molar-refractivity contribution < 1.29 is 28.5 Å². The minimum absolute atomic E-state index is 0.0787. The van der Waals surface area contributed by atoms with Gasteiger partial charge in [-0.15, -0.1) is 12.8 Å². The van der Waals surface area contributed by atoms with E-state index in [0.717, 1.165) is 0 Å². The van der Waals surface area contributed by atoms with Crippen molar-refractivity contribution in [1.29, 1.82) is 0 Å². The number of fused-ring (bicyclic) bond motifs is 1. The van der Waals surface area contributed by atoms with Gasteiger partial charge in [0.2, 0.25) is 6.79 Å². The van der Waals surface area contributed by atoms with Crippen LogP contribution in [0.25, 0.3) is 0 Å². The molecular formula is C22H18BrNO6. The number of esters is 2. The summed E-state index contributed by atoms with van der Waals surface area (Å²) in [6, 6.07) is 3.44. The highest BCUT2D eigenvalue weighted by Gasteiger charge is 2.39. The van der Waals surface area contributed by atoms with Crippen LogP contribution in [-0.4, -0.2) is 31.9 Å². The Balaban J connectivity index is 2.17. The van der Waals surface area contributed by atoms with Crippen LogP contribution in [-0.2, 0) is 19.1 Å². The van der Waals surface area contributed by atoms with Gasteiger partial charge in [-0.2, -0.15) is 0 Å². The summed E-state index contributed by atoms with van der Waals surface area (Å²) in [5, 5.41) is 3.05. The lowest BCUT2D eigenvalue weighted by molar-refractivity contribution is -0.138. The van der Waals surface area contributed by atoms with Crippen LogP contribution in [0.4, 0.5) is 0 Å². The van der Waals surface area contributed by atoms with Gasteiger partial charge in [-0.3, -0.25) is 0 Å². The van der Waals surface area contributed by atoms with Gasteiger partial charge in [-0.05, 0) is 31.5 Å². The van der Waals surface area contributed by atoms with E-state index >= 15 is 0 Å². The van der Waals surface area contributed by atoms with Gasteiger partial charge in [0.15, 0.2) is 24.7 Å². The maximum Gasteiger partial charge on any atom is 0.337 e. The van der Waals surface area contributed by atoms with E-state index in [4.69, 9.17) is 31.8 Å². The first-order chi connectivity index (χ1) is 14.4. The van der Waals surface area contributed by atoms with Gasteiger partial charge >= 0.3 is 11.9 Å². The Kier molecular flexibility index (Phi) is 6.39. The Morgan fingerprint density at radius 3 is 2.07 bits per heavy atom. The van der Waals surface area contributed by atoms with Gasteiger partial charge in [0.1, 0.15) is 0 Å². The first kappa shape index (κ1) is 21.4. The number of ether oxygens (including phenoxy) is 4. The van der Waals surface area contributed by atoms with E-state index in [9.17, 15) is 9.59 Å². The number of dihydropyridines is 1. The largest absolute Gasteiger partial charge is 0.454 e. The highest BCUT2D eigenvalue weighted by molar-refractivity contribution is 9.10. The molecule has 1 N–H and O–H groups in total. The highest BCUT2D eigenvalue weighted by atomic mass is 79.9. The Labute approximate surface area is 182 Å². The maximum atomic E-state index is 12.9. The summed E-state index contributed by atoms with van der Waals surface area (Å²) in [6.45, 7) is 3.10. The lowest BCUT2D eigenvalue weighted by Crippen LogP contribution is -2.32. The molecule has 0 aliphatic carbocycles. The first-order valence-electron chi connectivity index (χ1n) is 8.87. The smallest absolute Gasteiger partial charge is 0.337 e. The maximum absolute atomic E-state index is 12.9. The summed E-state index contributed by atoms with van der Waals surface area (Å²) < 4.78 is 21.9. The zero-order valence-electron chi connectivity index (χ0n) is 16.3. The van der Waals surface area contributed by atoms with Gasteiger partial charge in [-0.25, -0.2) is 9.59 Å². The Morgan fingerprint density at radius 1 is 1.07 bits per heavy atom. The van der Waals surface area contributed by atoms with Crippen molar-refractivity contribution in [2.75, 3.05) is 20.0 Å². The van der Waals surface area contributed by atoms with E-state index < -0.39 is 17.9 Å². The molecule has 7 nitrogen and oxygen atoms in total. The number of halogens is 1. The molecule has 0 saturated heterocycles. The second-order valence-electron chi connectivity index (χ2n) is 6.42. The van der Waals surface area contributed by atoms with E-state index in [-0.39, 0.29) is 31.2 Å². The molecule has 30 heavy (non-hydrogen) atoms. The van der Waals surface area contributed by atoms with Gasteiger partial charge in [-0.1, -0.05) is 27.8 Å². The van der Waals surface area contributed by atoms with Crippen LogP contribution in [0.5, 0.6) is 11.5 Å². The number of nitrogens with one attached hydrogen (secondary N) is 1. The predicted molar refractivity (Wildman–Crippen MR) is 111 cm³/mol. The number of benzene rings is 1. The summed E-state index contributed by atoms with van der Waals surface area (Å²) in [6.07, 6.45) is 10.5. The SMILES string of the molecule is C#CCOC(=O)C1=C(C)NC(C)=C(C(=O)OCC#C)C1c1cc2c(cc1Br)OCO2. The molecule has 2 aliphatic heterocycles. The molecule has 0 fully saturated rings. The van der Waals surface area contributed by atoms with Gasteiger partial charge in [0.05, 0.1) is 17.1 Å². The molecule has 2 aliphatic rings. The number of hydrogen-bond donors (Lipinski definition) is 1. The third-order valence-electron chi connectivity index (χ3n) is 4.58. The summed E-state index contributed by atoms with van der Waals surface area (Å²) >= 11 is 3.51. The van der Waals surface area contributed by atoms with Crippen molar-refractivity contribution in [2.24, 2.45) is 0 Å². The molecule has 0 aromatic heterocycles. The highest BCUT2D eigenvalue weighted by Crippen LogP contribution is 2.46. The van der Waals surface area contributed by atoms with Crippen molar-refractivity contribution in [3.63, 3.8) is 0 Å². The normalized spacial score (nSPS) is 15.2. The van der Waals surface area contributed by atoms with E-state index in [1.165, 1.54) is 0 Å². The average molecular weight is 472 g/mol. The number of terminal acetylenes is 2. The number of allylic oxidation sites excluding steroid dienone is 2. The molecule has 1 aromatic rings. The summed E-state index contributed by atoms with van der Waals surface area (Å²) in [5.74, 6) is 3.46. The quantitative estimate of drug-likeness (QED) is 0.522. The number of carbonyl (C=O) groups is 2. The van der Waals surface area contributed by atoms with Gasteiger partial charge in [0, 0.05) is 15.9 Å². The topological polar surface area (TPSA) is 83.1 Å². The van der Waals surface area contributed by atoms with Crippen molar-refractivity contribution >= 4 is 27.9 Å². The van der Waals surface area contributed by atoms with Crippen LogP contribution >= 0.6 is 15.9 Å². The van der Waals surface area contributed by atoms with E-state index in [1.807, 2.05) is 0 Å². The van der Waals surface area contributed by atoms with E-state index in [2.05, 4.69) is 33.1 Å².